The number of hydrogen-bond donors (Lipinski definition) is 3. The third-order valence-corrected chi connectivity index (χ3v) is 3.58. The summed E-state index contributed by atoms with van der Waals surface area (Å²) in [6, 6.07) is 7.91. The molecule has 1 fully saturated rings. The highest BCUT2D eigenvalue weighted by molar-refractivity contribution is 5.92. The van der Waals surface area contributed by atoms with Gasteiger partial charge < -0.3 is 34.5 Å². The van der Waals surface area contributed by atoms with Crippen molar-refractivity contribution in [2.24, 2.45) is 5.73 Å². The molecule has 1 aliphatic rings. The van der Waals surface area contributed by atoms with E-state index in [-0.39, 0.29) is 24.8 Å². The fourth-order valence-electron chi connectivity index (χ4n) is 2.50. The van der Waals surface area contributed by atoms with E-state index in [2.05, 4.69) is 4.99 Å². The lowest BCUT2D eigenvalue weighted by molar-refractivity contribution is -0.894. The Kier molecular flexibility index (Phi) is 10.2. The van der Waals surface area contributed by atoms with E-state index < -0.39 is 0 Å². The molecule has 1 aromatic rings. The topological polar surface area (TPSA) is 53.7 Å². The maximum Gasteiger partial charge on any atom is 0.273 e. The number of benzene rings is 1. The number of halogens is 2. The summed E-state index contributed by atoms with van der Waals surface area (Å²) in [7, 11) is 0. The molecule has 4 N–H and O–H groups in total. The van der Waals surface area contributed by atoms with Crippen LogP contribution in [0.1, 0.15) is 25.3 Å². The SMILES string of the molecule is CCOc1ccc(C(N)=[NH+]CC[NH+]2CCCC2)cc1.[Cl-].[Cl-]. The zero-order valence-electron chi connectivity index (χ0n) is 12.5. The van der Waals surface area contributed by atoms with Gasteiger partial charge in [0, 0.05) is 12.8 Å². The van der Waals surface area contributed by atoms with Crippen molar-refractivity contribution in [1.29, 1.82) is 0 Å². The minimum atomic E-state index is 0. The number of ether oxygens (including phenoxy) is 1. The van der Waals surface area contributed by atoms with Crippen molar-refractivity contribution >= 4 is 5.84 Å². The molecule has 0 amide bonds. The van der Waals surface area contributed by atoms with E-state index in [1.807, 2.05) is 31.2 Å². The average molecular weight is 334 g/mol. The van der Waals surface area contributed by atoms with Crippen molar-refractivity contribution in [1.82, 2.24) is 0 Å². The number of nitrogens with one attached hydrogen (secondary N) is 2. The second kappa shape index (κ2) is 10.7. The molecule has 2 rings (SSSR count). The van der Waals surface area contributed by atoms with Crippen LogP contribution in [-0.2, 0) is 0 Å². The van der Waals surface area contributed by atoms with Crippen molar-refractivity contribution in [2.75, 3.05) is 32.8 Å². The van der Waals surface area contributed by atoms with Gasteiger partial charge in [0.1, 0.15) is 18.8 Å². The number of likely N-dealkylation sites (tertiary alicyclic amines) is 1. The summed E-state index contributed by atoms with van der Waals surface area (Å²) in [6.07, 6.45) is 2.74. The van der Waals surface area contributed by atoms with E-state index in [9.17, 15) is 0 Å². The Morgan fingerprint density at radius 2 is 1.81 bits per heavy atom. The molecule has 0 aromatic heterocycles. The number of amidine groups is 1. The minimum Gasteiger partial charge on any atom is -1.00 e. The molecular formula is C15H25Cl2N3O. The first-order valence-electron chi connectivity index (χ1n) is 7.22. The summed E-state index contributed by atoms with van der Waals surface area (Å²) in [5.41, 5.74) is 7.09. The van der Waals surface area contributed by atoms with E-state index in [0.717, 1.165) is 30.2 Å². The summed E-state index contributed by atoms with van der Waals surface area (Å²) in [4.78, 5) is 5.00. The smallest absolute Gasteiger partial charge is 0.273 e. The van der Waals surface area contributed by atoms with Crippen molar-refractivity contribution in [3.8, 4) is 5.75 Å². The molecule has 0 spiro atoms. The first-order valence-corrected chi connectivity index (χ1v) is 7.22. The van der Waals surface area contributed by atoms with Crippen LogP contribution in [0.3, 0.4) is 0 Å². The summed E-state index contributed by atoms with van der Waals surface area (Å²) < 4.78 is 5.42. The van der Waals surface area contributed by atoms with Gasteiger partial charge in [0.25, 0.3) is 5.84 Å². The maximum absolute atomic E-state index is 6.06. The Morgan fingerprint density at radius 3 is 2.38 bits per heavy atom. The Balaban J connectivity index is 0.00000200. The summed E-state index contributed by atoms with van der Waals surface area (Å²) >= 11 is 0. The van der Waals surface area contributed by atoms with Crippen LogP contribution in [0.2, 0.25) is 0 Å². The van der Waals surface area contributed by atoms with Gasteiger partial charge in [-0.15, -0.1) is 0 Å². The normalized spacial score (nSPS) is 15.2. The van der Waals surface area contributed by atoms with E-state index in [4.69, 9.17) is 10.5 Å². The number of quaternary nitrogens is 1. The quantitative estimate of drug-likeness (QED) is 0.358. The summed E-state index contributed by atoms with van der Waals surface area (Å²) in [5, 5.41) is 0. The molecule has 120 valence electrons. The minimum absolute atomic E-state index is 0. The molecule has 0 atom stereocenters. The van der Waals surface area contributed by atoms with Crippen molar-refractivity contribution in [2.45, 2.75) is 19.8 Å². The van der Waals surface area contributed by atoms with Gasteiger partial charge in [-0.2, -0.15) is 0 Å². The second-order valence-electron chi connectivity index (χ2n) is 5.00. The second-order valence-corrected chi connectivity index (χ2v) is 5.00. The molecule has 1 heterocycles. The Bertz CT molecular complexity index is 417. The van der Waals surface area contributed by atoms with Gasteiger partial charge in [-0.05, 0) is 31.2 Å². The molecule has 0 bridgehead atoms. The lowest BCUT2D eigenvalue weighted by Gasteiger charge is -2.08. The van der Waals surface area contributed by atoms with Crippen LogP contribution < -0.4 is 45.2 Å². The fourth-order valence-corrected chi connectivity index (χ4v) is 2.50. The predicted molar refractivity (Wildman–Crippen MR) is 76.5 cm³/mol. The largest absolute Gasteiger partial charge is 1.00 e. The highest BCUT2D eigenvalue weighted by atomic mass is 35.5. The molecular weight excluding hydrogens is 309 g/mol. The van der Waals surface area contributed by atoms with Crippen LogP contribution in [0.4, 0.5) is 0 Å². The molecule has 1 aromatic carbocycles. The van der Waals surface area contributed by atoms with Gasteiger partial charge in [0.2, 0.25) is 0 Å². The van der Waals surface area contributed by atoms with E-state index in [1.165, 1.54) is 25.9 Å². The molecule has 0 saturated carbocycles. The van der Waals surface area contributed by atoms with Crippen molar-refractivity contribution in [3.05, 3.63) is 29.8 Å². The maximum atomic E-state index is 6.06. The molecule has 21 heavy (non-hydrogen) atoms. The van der Waals surface area contributed by atoms with Crippen molar-refractivity contribution < 1.29 is 39.4 Å². The summed E-state index contributed by atoms with van der Waals surface area (Å²) in [5.74, 6) is 1.64. The van der Waals surface area contributed by atoms with E-state index in [0.29, 0.717) is 6.61 Å². The standard InChI is InChI=1S/C15H23N3O.2ClH/c1-2-19-14-7-5-13(6-8-14)15(16)17-9-12-18-10-3-4-11-18;;/h5-8H,2-4,9-12H2,1H3,(H2,16,17);2*1H. The third-order valence-electron chi connectivity index (χ3n) is 3.58. The van der Waals surface area contributed by atoms with Crippen molar-refractivity contribution in [3.63, 3.8) is 0 Å². The lowest BCUT2D eigenvalue weighted by Crippen LogP contribution is -3.12. The number of nitrogen functional groups attached to an aromatic ring is 1. The molecule has 6 heteroatoms. The molecule has 0 aliphatic carbocycles. The monoisotopic (exact) mass is 333 g/mol. The third kappa shape index (κ3) is 6.55. The molecule has 0 unspecified atom stereocenters. The van der Waals surface area contributed by atoms with Crippen LogP contribution in [0.5, 0.6) is 5.75 Å². The number of nitrogens with two attached hydrogens (primary N) is 1. The lowest BCUT2D eigenvalue weighted by atomic mass is 10.2. The first-order chi connectivity index (χ1) is 9.29. The van der Waals surface area contributed by atoms with Gasteiger partial charge >= 0.3 is 0 Å². The zero-order chi connectivity index (χ0) is 13.5. The highest BCUT2D eigenvalue weighted by Gasteiger charge is 2.14. The fraction of sp³-hybridized carbons (Fsp3) is 0.533. The Hall–Kier alpha value is -0.970. The van der Waals surface area contributed by atoms with Gasteiger partial charge in [0.15, 0.2) is 0 Å². The molecule has 0 radical (unpaired) electrons. The Morgan fingerprint density at radius 1 is 1.19 bits per heavy atom. The molecule has 4 nitrogen and oxygen atoms in total. The Labute approximate surface area is 139 Å². The summed E-state index contributed by atoms with van der Waals surface area (Å²) in [6.45, 7) is 7.38. The van der Waals surface area contributed by atoms with Crippen LogP contribution >= 0.6 is 0 Å². The van der Waals surface area contributed by atoms with Gasteiger partial charge in [-0.3, -0.25) is 10.7 Å². The first kappa shape index (κ1) is 20.0. The van der Waals surface area contributed by atoms with E-state index in [1.54, 1.807) is 4.90 Å². The van der Waals surface area contributed by atoms with Gasteiger partial charge in [0.05, 0.1) is 25.3 Å². The average Bonchev–Trinajstić information content (AvgIpc) is 2.93. The van der Waals surface area contributed by atoms with Crippen LogP contribution in [-0.4, -0.2) is 38.6 Å². The van der Waals surface area contributed by atoms with Crippen LogP contribution in [0, 0.1) is 0 Å². The number of hydrogen-bond acceptors (Lipinski definition) is 1. The molecule has 1 aliphatic heterocycles. The molecule has 1 saturated heterocycles. The highest BCUT2D eigenvalue weighted by Crippen LogP contribution is 2.10. The zero-order valence-corrected chi connectivity index (χ0v) is 14.0. The van der Waals surface area contributed by atoms with Crippen LogP contribution in [0.15, 0.2) is 24.3 Å². The van der Waals surface area contributed by atoms with Crippen LogP contribution in [0.25, 0.3) is 0 Å². The number of rotatable bonds is 6. The van der Waals surface area contributed by atoms with Gasteiger partial charge in [-0.25, -0.2) is 0 Å². The van der Waals surface area contributed by atoms with E-state index >= 15 is 0 Å². The predicted octanol–water partition coefficient (Wildman–Crippen LogP) is -7.44. The van der Waals surface area contributed by atoms with Gasteiger partial charge in [-0.1, -0.05) is 0 Å².